The second kappa shape index (κ2) is 10.0. The lowest BCUT2D eigenvalue weighted by Gasteiger charge is -2.14. The van der Waals surface area contributed by atoms with Crippen molar-refractivity contribution >= 4 is 17.9 Å². The van der Waals surface area contributed by atoms with E-state index in [1.807, 2.05) is 13.8 Å². The Morgan fingerprint density at radius 3 is 2.45 bits per heavy atom. The summed E-state index contributed by atoms with van der Waals surface area (Å²) in [4.78, 5) is 32.9. The summed E-state index contributed by atoms with van der Waals surface area (Å²) in [5.74, 6) is -1.41. The first-order valence-corrected chi connectivity index (χ1v) is 6.46. The van der Waals surface area contributed by atoms with Gasteiger partial charge in [-0.25, -0.2) is 9.59 Å². The van der Waals surface area contributed by atoms with E-state index in [1.165, 1.54) is 0 Å². The smallest absolute Gasteiger partial charge is 0.326 e. The minimum atomic E-state index is -1.21. The van der Waals surface area contributed by atoms with Crippen LogP contribution < -0.4 is 16.4 Å². The molecule has 0 spiro atoms. The Hall–Kier alpha value is -1.83. The number of nitrogens with one attached hydrogen (secondary N) is 2. The number of amides is 3. The number of primary amides is 1. The predicted octanol–water partition coefficient (Wildman–Crippen LogP) is -0.323. The lowest BCUT2D eigenvalue weighted by Crippen LogP contribution is -2.47. The molecule has 0 radical (unpaired) electrons. The number of hydrogen-bond acceptors (Lipinski definition) is 4. The summed E-state index contributed by atoms with van der Waals surface area (Å²) in [6.07, 6.45) is -0.142. The van der Waals surface area contributed by atoms with Gasteiger partial charge in [0.1, 0.15) is 6.04 Å². The predicted molar refractivity (Wildman–Crippen MR) is 72.0 cm³/mol. The zero-order valence-corrected chi connectivity index (χ0v) is 11.8. The molecule has 0 aromatic heterocycles. The number of carbonyl (C=O) groups is 3. The van der Waals surface area contributed by atoms with Gasteiger partial charge in [-0.2, -0.15) is 0 Å². The topological polar surface area (TPSA) is 131 Å². The van der Waals surface area contributed by atoms with Crippen molar-refractivity contribution < 1.29 is 24.2 Å². The van der Waals surface area contributed by atoms with Gasteiger partial charge in [0, 0.05) is 19.6 Å². The van der Waals surface area contributed by atoms with Crippen LogP contribution in [0.1, 0.15) is 26.7 Å². The van der Waals surface area contributed by atoms with Crippen LogP contribution in [0.4, 0.5) is 4.79 Å². The van der Waals surface area contributed by atoms with E-state index in [0.717, 1.165) is 0 Å². The molecule has 3 amide bonds. The van der Waals surface area contributed by atoms with E-state index >= 15 is 0 Å². The van der Waals surface area contributed by atoms with Crippen molar-refractivity contribution in [1.82, 2.24) is 10.6 Å². The van der Waals surface area contributed by atoms with E-state index in [4.69, 9.17) is 15.6 Å². The second-order valence-corrected chi connectivity index (χ2v) is 4.76. The van der Waals surface area contributed by atoms with Crippen LogP contribution in [0.2, 0.25) is 0 Å². The van der Waals surface area contributed by atoms with Crippen molar-refractivity contribution in [2.45, 2.75) is 32.7 Å². The molecule has 0 saturated heterocycles. The summed E-state index contributed by atoms with van der Waals surface area (Å²) < 4.78 is 5.26. The summed E-state index contributed by atoms with van der Waals surface area (Å²) in [6, 6.07) is -1.76. The van der Waals surface area contributed by atoms with E-state index in [1.54, 1.807) is 0 Å². The third kappa shape index (κ3) is 10.1. The molecule has 20 heavy (non-hydrogen) atoms. The van der Waals surface area contributed by atoms with Gasteiger partial charge >= 0.3 is 12.0 Å². The number of carboxylic acids is 1. The van der Waals surface area contributed by atoms with Crippen LogP contribution in [0.3, 0.4) is 0 Å². The summed E-state index contributed by atoms with van der Waals surface area (Å²) in [5, 5.41) is 13.6. The van der Waals surface area contributed by atoms with Crippen LogP contribution in [0, 0.1) is 5.92 Å². The van der Waals surface area contributed by atoms with Gasteiger partial charge in [-0.15, -0.1) is 0 Å². The molecule has 1 atom stereocenters. The molecular formula is C12H23N3O5. The van der Waals surface area contributed by atoms with E-state index in [9.17, 15) is 14.4 Å². The molecule has 0 aliphatic heterocycles. The number of carboxylic acid groups (broad SMARTS) is 1. The Bertz CT molecular complexity index is 333. The largest absolute Gasteiger partial charge is 0.480 e. The molecule has 0 saturated carbocycles. The average molecular weight is 289 g/mol. The fourth-order valence-corrected chi connectivity index (χ4v) is 1.31. The fraction of sp³-hybridized carbons (Fsp3) is 0.750. The van der Waals surface area contributed by atoms with Crippen LogP contribution in [0.15, 0.2) is 0 Å². The van der Waals surface area contributed by atoms with Gasteiger partial charge in [0.15, 0.2) is 0 Å². The molecule has 8 heteroatoms. The van der Waals surface area contributed by atoms with Crippen LogP contribution in [0.5, 0.6) is 0 Å². The van der Waals surface area contributed by atoms with Gasteiger partial charge in [-0.05, 0) is 12.3 Å². The number of urea groups is 1. The lowest BCUT2D eigenvalue weighted by molar-refractivity contribution is -0.139. The van der Waals surface area contributed by atoms with Crippen molar-refractivity contribution in [3.63, 3.8) is 0 Å². The highest BCUT2D eigenvalue weighted by Gasteiger charge is 2.20. The average Bonchev–Trinajstić information content (AvgIpc) is 2.32. The molecule has 0 aromatic carbocycles. The Labute approximate surface area is 118 Å². The van der Waals surface area contributed by atoms with Crippen LogP contribution >= 0.6 is 0 Å². The first kappa shape index (κ1) is 18.2. The first-order chi connectivity index (χ1) is 9.32. The van der Waals surface area contributed by atoms with Crippen LogP contribution in [-0.4, -0.2) is 48.8 Å². The molecule has 5 N–H and O–H groups in total. The molecule has 0 rings (SSSR count). The van der Waals surface area contributed by atoms with E-state index in [-0.39, 0.29) is 19.4 Å². The highest BCUT2D eigenvalue weighted by molar-refractivity contribution is 5.83. The van der Waals surface area contributed by atoms with Gasteiger partial charge in [0.05, 0.1) is 6.61 Å². The quantitative estimate of drug-likeness (QED) is 0.409. The first-order valence-electron chi connectivity index (χ1n) is 6.46. The standard InChI is InChI=1S/C12H23N3O5/c1-8(2)7-20-6-5-14-12(19)15-9(11(17)18)3-4-10(13)16/h8-9H,3-7H2,1-2H3,(H2,13,16)(H,17,18)(H2,14,15,19)/t9-/m1/s1. The zero-order valence-electron chi connectivity index (χ0n) is 11.8. The molecule has 0 fully saturated rings. The third-order valence-corrected chi connectivity index (χ3v) is 2.27. The summed E-state index contributed by atoms with van der Waals surface area (Å²) in [6.45, 7) is 5.25. The molecule has 0 aliphatic carbocycles. The lowest BCUT2D eigenvalue weighted by atomic mass is 10.1. The molecule has 0 heterocycles. The number of rotatable bonds is 10. The van der Waals surface area contributed by atoms with Crippen molar-refractivity contribution in [2.24, 2.45) is 11.7 Å². The zero-order chi connectivity index (χ0) is 15.5. The number of aliphatic carboxylic acids is 1. The Morgan fingerprint density at radius 1 is 1.30 bits per heavy atom. The van der Waals surface area contributed by atoms with Crippen LogP contribution in [0.25, 0.3) is 0 Å². The highest BCUT2D eigenvalue weighted by Crippen LogP contribution is 1.97. The van der Waals surface area contributed by atoms with Gasteiger partial charge < -0.3 is 26.2 Å². The molecule has 0 bridgehead atoms. The molecule has 0 aromatic rings. The van der Waals surface area contributed by atoms with Gasteiger partial charge in [-0.3, -0.25) is 4.79 Å². The maximum atomic E-state index is 11.4. The Balaban J connectivity index is 3.89. The summed E-state index contributed by atoms with van der Waals surface area (Å²) in [7, 11) is 0. The van der Waals surface area contributed by atoms with Crippen molar-refractivity contribution in [3.8, 4) is 0 Å². The SMILES string of the molecule is CC(C)COCCNC(=O)N[C@H](CCC(N)=O)C(=O)O. The van der Waals surface area contributed by atoms with Crippen LogP contribution in [-0.2, 0) is 14.3 Å². The summed E-state index contributed by atoms with van der Waals surface area (Å²) >= 11 is 0. The Morgan fingerprint density at radius 2 is 1.95 bits per heavy atom. The van der Waals surface area contributed by atoms with Gasteiger partial charge in [0.25, 0.3) is 0 Å². The molecule has 0 aliphatic rings. The minimum absolute atomic E-state index is 0.0397. The van der Waals surface area contributed by atoms with Crippen molar-refractivity contribution in [2.75, 3.05) is 19.8 Å². The molecule has 116 valence electrons. The molecule has 0 unspecified atom stereocenters. The molecular weight excluding hydrogens is 266 g/mol. The Kier molecular flexibility index (Phi) is 9.10. The second-order valence-electron chi connectivity index (χ2n) is 4.76. The van der Waals surface area contributed by atoms with E-state index in [0.29, 0.717) is 19.1 Å². The number of ether oxygens (including phenoxy) is 1. The normalized spacial score (nSPS) is 11.9. The van der Waals surface area contributed by atoms with Crippen molar-refractivity contribution in [3.05, 3.63) is 0 Å². The van der Waals surface area contributed by atoms with E-state index in [2.05, 4.69) is 10.6 Å². The maximum Gasteiger partial charge on any atom is 0.326 e. The number of hydrogen-bond donors (Lipinski definition) is 4. The monoisotopic (exact) mass is 289 g/mol. The maximum absolute atomic E-state index is 11.4. The number of carbonyl (C=O) groups excluding carboxylic acids is 2. The highest BCUT2D eigenvalue weighted by atomic mass is 16.5. The molecule has 8 nitrogen and oxygen atoms in total. The van der Waals surface area contributed by atoms with Crippen molar-refractivity contribution in [1.29, 1.82) is 0 Å². The minimum Gasteiger partial charge on any atom is -0.480 e. The van der Waals surface area contributed by atoms with Gasteiger partial charge in [0.2, 0.25) is 5.91 Å². The third-order valence-electron chi connectivity index (χ3n) is 2.27. The van der Waals surface area contributed by atoms with E-state index < -0.39 is 23.9 Å². The fourth-order valence-electron chi connectivity index (χ4n) is 1.31. The van der Waals surface area contributed by atoms with Gasteiger partial charge in [-0.1, -0.05) is 13.8 Å². The summed E-state index contributed by atoms with van der Waals surface area (Å²) in [5.41, 5.74) is 4.93. The number of nitrogens with two attached hydrogens (primary N) is 1.